The first kappa shape index (κ1) is 17.7. The lowest BCUT2D eigenvalue weighted by molar-refractivity contribution is -0.122. The summed E-state index contributed by atoms with van der Waals surface area (Å²) in [7, 11) is 2.90. The molecule has 1 amide bonds. The van der Waals surface area contributed by atoms with Crippen molar-refractivity contribution in [1.82, 2.24) is 10.2 Å². The molecule has 0 saturated carbocycles. The maximum Gasteiger partial charge on any atom is 0.234 e. The van der Waals surface area contributed by atoms with Crippen LogP contribution in [0.15, 0.2) is 24.3 Å². The monoisotopic (exact) mass is 339 g/mol. The molecule has 1 aliphatic rings. The van der Waals surface area contributed by atoms with E-state index in [1.807, 2.05) is 55.2 Å². The van der Waals surface area contributed by atoms with Crippen LogP contribution in [0.5, 0.6) is 0 Å². The minimum absolute atomic E-state index is 0.0614. The van der Waals surface area contributed by atoms with Crippen molar-refractivity contribution in [3.8, 4) is 0 Å². The van der Waals surface area contributed by atoms with Crippen LogP contribution in [0.2, 0.25) is 0 Å². The number of carbonyl (C=O) groups is 1. The van der Waals surface area contributed by atoms with Crippen LogP contribution >= 0.6 is 0 Å². The Bertz CT molecular complexity index is 658. The van der Waals surface area contributed by atoms with E-state index in [-0.39, 0.29) is 30.0 Å². The van der Waals surface area contributed by atoms with Gasteiger partial charge in [0.15, 0.2) is 9.84 Å². The fraction of sp³-hybridized carbons (Fsp3) is 0.562. The Morgan fingerprint density at radius 1 is 1.26 bits per heavy atom. The van der Waals surface area contributed by atoms with E-state index in [1.54, 1.807) is 0 Å². The molecule has 1 aromatic carbocycles. The van der Waals surface area contributed by atoms with Gasteiger partial charge in [-0.2, -0.15) is 0 Å². The molecule has 0 bridgehead atoms. The third-order valence-corrected chi connectivity index (χ3v) is 5.69. The van der Waals surface area contributed by atoms with Crippen LogP contribution in [0.3, 0.4) is 0 Å². The number of carbonyl (C=O) groups excluding carboxylic acids is 1. The number of rotatable bonds is 6. The lowest BCUT2D eigenvalue weighted by Crippen LogP contribution is -2.41. The number of para-hydroxylation sites is 1. The summed E-state index contributed by atoms with van der Waals surface area (Å²) in [6.07, 6.45) is 0.515. The van der Waals surface area contributed by atoms with Crippen molar-refractivity contribution in [3.05, 3.63) is 29.8 Å². The third-order valence-electron chi connectivity index (χ3n) is 3.92. The Balaban J connectivity index is 1.87. The quantitative estimate of drug-likeness (QED) is 0.817. The van der Waals surface area contributed by atoms with Gasteiger partial charge in [0.1, 0.15) is 0 Å². The molecule has 1 unspecified atom stereocenters. The average Bonchev–Trinajstić information content (AvgIpc) is 2.77. The standard InChI is InChI=1S/C16H25N3O3S/c1-18(2)15-7-5-4-6-13(15)10-19(3)11-16(20)17-14-8-9-23(21,22)12-14/h4-7,14H,8-12H2,1-3H3,(H,17,20). The van der Waals surface area contributed by atoms with E-state index >= 15 is 0 Å². The molecule has 6 nitrogen and oxygen atoms in total. The third kappa shape index (κ3) is 5.21. The molecule has 128 valence electrons. The predicted octanol–water partition coefficient (Wildman–Crippen LogP) is 0.488. The van der Waals surface area contributed by atoms with Crippen LogP contribution in [-0.4, -0.2) is 64.5 Å². The molecule has 1 heterocycles. The maximum atomic E-state index is 12.1. The van der Waals surface area contributed by atoms with Crippen molar-refractivity contribution in [2.75, 3.05) is 44.1 Å². The lowest BCUT2D eigenvalue weighted by Gasteiger charge is -2.22. The molecule has 1 fully saturated rings. The molecule has 1 atom stereocenters. The van der Waals surface area contributed by atoms with Gasteiger partial charge < -0.3 is 10.2 Å². The van der Waals surface area contributed by atoms with E-state index < -0.39 is 9.84 Å². The zero-order valence-corrected chi connectivity index (χ0v) is 14.8. The molecule has 1 aliphatic heterocycles. The summed E-state index contributed by atoms with van der Waals surface area (Å²) in [5.41, 5.74) is 2.28. The van der Waals surface area contributed by atoms with Gasteiger partial charge in [-0.05, 0) is 25.1 Å². The highest BCUT2D eigenvalue weighted by Gasteiger charge is 2.28. The lowest BCUT2D eigenvalue weighted by atomic mass is 10.1. The number of anilines is 1. The second-order valence-corrected chi connectivity index (χ2v) is 8.59. The minimum Gasteiger partial charge on any atom is -0.377 e. The highest BCUT2D eigenvalue weighted by Crippen LogP contribution is 2.19. The molecule has 1 saturated heterocycles. The molecule has 0 radical (unpaired) electrons. The number of hydrogen-bond acceptors (Lipinski definition) is 5. The van der Waals surface area contributed by atoms with Gasteiger partial charge in [-0.25, -0.2) is 8.42 Å². The summed E-state index contributed by atoms with van der Waals surface area (Å²) in [5, 5.41) is 2.82. The van der Waals surface area contributed by atoms with E-state index in [2.05, 4.69) is 5.32 Å². The fourth-order valence-electron chi connectivity index (χ4n) is 2.85. The average molecular weight is 339 g/mol. The first-order valence-electron chi connectivity index (χ1n) is 7.70. The second kappa shape index (κ2) is 7.31. The summed E-state index contributed by atoms with van der Waals surface area (Å²) in [5.74, 6) is 0.104. The molecular weight excluding hydrogens is 314 g/mol. The Labute approximate surface area is 138 Å². The Kier molecular flexibility index (Phi) is 5.64. The molecule has 23 heavy (non-hydrogen) atoms. The summed E-state index contributed by atoms with van der Waals surface area (Å²) >= 11 is 0. The summed E-state index contributed by atoms with van der Waals surface area (Å²) < 4.78 is 22.8. The number of nitrogens with zero attached hydrogens (tertiary/aromatic N) is 2. The van der Waals surface area contributed by atoms with E-state index in [0.717, 1.165) is 11.3 Å². The van der Waals surface area contributed by atoms with Crippen LogP contribution in [-0.2, 0) is 21.2 Å². The van der Waals surface area contributed by atoms with Crippen molar-refractivity contribution in [1.29, 1.82) is 0 Å². The van der Waals surface area contributed by atoms with Gasteiger partial charge in [0.2, 0.25) is 5.91 Å². The van der Waals surface area contributed by atoms with Crippen molar-refractivity contribution >= 4 is 21.4 Å². The van der Waals surface area contributed by atoms with Crippen LogP contribution in [0.1, 0.15) is 12.0 Å². The van der Waals surface area contributed by atoms with Gasteiger partial charge >= 0.3 is 0 Å². The zero-order valence-electron chi connectivity index (χ0n) is 13.9. The van der Waals surface area contributed by atoms with Crippen molar-refractivity contribution in [2.45, 2.75) is 19.0 Å². The van der Waals surface area contributed by atoms with Gasteiger partial charge in [0.05, 0.1) is 18.1 Å². The van der Waals surface area contributed by atoms with Crippen LogP contribution < -0.4 is 10.2 Å². The topological polar surface area (TPSA) is 69.7 Å². The van der Waals surface area contributed by atoms with Crippen LogP contribution in [0.25, 0.3) is 0 Å². The Hall–Kier alpha value is -1.60. The molecule has 0 spiro atoms. The highest BCUT2D eigenvalue weighted by atomic mass is 32.2. The molecule has 0 aliphatic carbocycles. The smallest absolute Gasteiger partial charge is 0.234 e. The van der Waals surface area contributed by atoms with Crippen LogP contribution in [0.4, 0.5) is 5.69 Å². The van der Waals surface area contributed by atoms with Gasteiger partial charge in [-0.15, -0.1) is 0 Å². The Morgan fingerprint density at radius 3 is 2.57 bits per heavy atom. The zero-order chi connectivity index (χ0) is 17.0. The van der Waals surface area contributed by atoms with Crippen molar-refractivity contribution < 1.29 is 13.2 Å². The molecule has 1 aromatic rings. The maximum absolute atomic E-state index is 12.1. The predicted molar refractivity (Wildman–Crippen MR) is 92.3 cm³/mol. The van der Waals surface area contributed by atoms with Crippen LogP contribution in [0, 0.1) is 0 Å². The Morgan fingerprint density at radius 2 is 1.96 bits per heavy atom. The van der Waals surface area contributed by atoms with E-state index in [0.29, 0.717) is 13.0 Å². The molecule has 2 rings (SSSR count). The first-order valence-corrected chi connectivity index (χ1v) is 9.52. The SMILES string of the molecule is CN(CC(=O)NC1CCS(=O)(=O)C1)Cc1ccccc1N(C)C. The largest absolute Gasteiger partial charge is 0.377 e. The molecular formula is C16H25N3O3S. The first-order chi connectivity index (χ1) is 10.8. The molecule has 1 N–H and O–H groups in total. The minimum atomic E-state index is -2.97. The fourth-order valence-corrected chi connectivity index (χ4v) is 4.53. The van der Waals surface area contributed by atoms with E-state index in [9.17, 15) is 13.2 Å². The summed E-state index contributed by atoms with van der Waals surface area (Å²) in [4.78, 5) is 16.1. The van der Waals surface area contributed by atoms with Gasteiger partial charge in [0, 0.05) is 32.4 Å². The molecule has 7 heteroatoms. The van der Waals surface area contributed by atoms with E-state index in [4.69, 9.17) is 0 Å². The number of hydrogen-bond donors (Lipinski definition) is 1. The van der Waals surface area contributed by atoms with Crippen molar-refractivity contribution in [3.63, 3.8) is 0 Å². The van der Waals surface area contributed by atoms with Gasteiger partial charge in [0.25, 0.3) is 0 Å². The van der Waals surface area contributed by atoms with Crippen molar-refractivity contribution in [2.24, 2.45) is 0 Å². The number of benzene rings is 1. The second-order valence-electron chi connectivity index (χ2n) is 6.36. The number of amides is 1. The van der Waals surface area contributed by atoms with Gasteiger partial charge in [-0.1, -0.05) is 18.2 Å². The van der Waals surface area contributed by atoms with Gasteiger partial charge in [-0.3, -0.25) is 9.69 Å². The number of nitrogens with one attached hydrogen (secondary N) is 1. The highest BCUT2D eigenvalue weighted by molar-refractivity contribution is 7.91. The normalized spacial score (nSPS) is 19.7. The summed E-state index contributed by atoms with van der Waals surface area (Å²) in [6.45, 7) is 0.906. The molecule has 0 aromatic heterocycles. The van der Waals surface area contributed by atoms with E-state index in [1.165, 1.54) is 0 Å². The summed E-state index contributed by atoms with van der Waals surface area (Å²) in [6, 6.07) is 7.83. The number of sulfone groups is 1. The number of likely N-dealkylation sites (N-methyl/N-ethyl adjacent to an activating group) is 1.